The third-order valence-electron chi connectivity index (χ3n) is 5.00. The summed E-state index contributed by atoms with van der Waals surface area (Å²) in [6, 6.07) is 31.8. The van der Waals surface area contributed by atoms with Crippen molar-refractivity contribution in [1.82, 2.24) is 0 Å². The summed E-state index contributed by atoms with van der Waals surface area (Å²) >= 11 is 0. The van der Waals surface area contributed by atoms with Gasteiger partial charge in [-0.1, -0.05) is 84.9 Å². The van der Waals surface area contributed by atoms with Gasteiger partial charge in [0.1, 0.15) is 5.41 Å². The van der Waals surface area contributed by atoms with E-state index in [2.05, 4.69) is 76.0 Å². The molecule has 25 heavy (non-hydrogen) atoms. The van der Waals surface area contributed by atoms with Gasteiger partial charge in [-0.25, -0.2) is 0 Å². The fourth-order valence-electron chi connectivity index (χ4n) is 3.73. The van der Waals surface area contributed by atoms with Crippen molar-refractivity contribution < 1.29 is 0 Å². The van der Waals surface area contributed by atoms with Gasteiger partial charge in [-0.2, -0.15) is 5.26 Å². The van der Waals surface area contributed by atoms with Gasteiger partial charge in [0.05, 0.1) is 6.07 Å². The maximum absolute atomic E-state index is 10.3. The second kappa shape index (κ2) is 6.32. The van der Waals surface area contributed by atoms with E-state index in [1.165, 1.54) is 10.8 Å². The first kappa shape index (κ1) is 15.8. The van der Waals surface area contributed by atoms with Crippen molar-refractivity contribution in [2.75, 3.05) is 6.16 Å². The van der Waals surface area contributed by atoms with Crippen LogP contribution >= 0.6 is 9.24 Å². The smallest absolute Gasteiger partial charge is 0.112 e. The average Bonchev–Trinajstić information content (AvgIpc) is 2.69. The van der Waals surface area contributed by atoms with E-state index in [9.17, 15) is 5.26 Å². The van der Waals surface area contributed by atoms with Crippen LogP contribution in [0.1, 0.15) is 11.1 Å². The van der Waals surface area contributed by atoms with Crippen LogP contribution in [-0.4, -0.2) is 6.16 Å². The van der Waals surface area contributed by atoms with Crippen LogP contribution in [0.25, 0.3) is 21.5 Å². The molecule has 0 aliphatic heterocycles. The monoisotopic (exact) mass is 339 g/mol. The molecular formula is C23H18NP. The highest BCUT2D eigenvalue weighted by Gasteiger charge is 2.35. The van der Waals surface area contributed by atoms with E-state index < -0.39 is 5.41 Å². The fraction of sp³-hybridized carbons (Fsp3) is 0.0870. The normalized spacial score (nSPS) is 11.5. The van der Waals surface area contributed by atoms with E-state index in [0.29, 0.717) is 6.16 Å². The molecule has 4 aromatic carbocycles. The van der Waals surface area contributed by atoms with Gasteiger partial charge in [0.25, 0.3) is 0 Å². The minimum Gasteiger partial charge on any atom is -0.197 e. The van der Waals surface area contributed by atoms with Crippen molar-refractivity contribution in [3.8, 4) is 6.07 Å². The molecule has 0 aromatic heterocycles. The zero-order chi connectivity index (χ0) is 17.3. The molecule has 120 valence electrons. The second-order valence-corrected chi connectivity index (χ2v) is 6.68. The van der Waals surface area contributed by atoms with Crippen molar-refractivity contribution in [3.63, 3.8) is 0 Å². The molecule has 0 aliphatic rings. The van der Waals surface area contributed by atoms with Crippen molar-refractivity contribution in [3.05, 3.63) is 96.1 Å². The van der Waals surface area contributed by atoms with Gasteiger partial charge >= 0.3 is 0 Å². The van der Waals surface area contributed by atoms with Gasteiger partial charge in [0, 0.05) is 0 Å². The van der Waals surface area contributed by atoms with E-state index >= 15 is 0 Å². The van der Waals surface area contributed by atoms with Crippen LogP contribution in [0.5, 0.6) is 0 Å². The number of rotatable bonds is 3. The highest BCUT2D eigenvalue weighted by molar-refractivity contribution is 7.16. The van der Waals surface area contributed by atoms with Crippen molar-refractivity contribution >= 4 is 30.8 Å². The molecule has 1 nitrogen and oxygen atoms in total. The van der Waals surface area contributed by atoms with Gasteiger partial charge in [0.2, 0.25) is 0 Å². The summed E-state index contributed by atoms with van der Waals surface area (Å²) < 4.78 is 0. The molecule has 1 unspecified atom stereocenters. The van der Waals surface area contributed by atoms with Gasteiger partial charge in [-0.15, -0.1) is 9.24 Å². The second-order valence-electron chi connectivity index (χ2n) is 6.27. The minimum atomic E-state index is -0.702. The summed E-state index contributed by atoms with van der Waals surface area (Å²) in [6.45, 7) is 0. The zero-order valence-electron chi connectivity index (χ0n) is 13.8. The molecule has 4 aromatic rings. The number of benzene rings is 4. The van der Waals surface area contributed by atoms with Gasteiger partial charge < -0.3 is 0 Å². The van der Waals surface area contributed by atoms with Crippen molar-refractivity contribution in [1.29, 1.82) is 5.26 Å². The third kappa shape index (κ3) is 2.42. The minimum absolute atomic E-state index is 0.644. The zero-order valence-corrected chi connectivity index (χ0v) is 15.0. The van der Waals surface area contributed by atoms with Crippen LogP contribution in [0.2, 0.25) is 0 Å². The Hall–Kier alpha value is -2.68. The van der Waals surface area contributed by atoms with E-state index in [-0.39, 0.29) is 0 Å². The van der Waals surface area contributed by atoms with E-state index in [0.717, 1.165) is 21.9 Å². The molecule has 4 rings (SSSR count). The van der Waals surface area contributed by atoms with E-state index in [1.807, 2.05) is 24.3 Å². The molecule has 0 amide bonds. The summed E-state index contributed by atoms with van der Waals surface area (Å²) in [5, 5.41) is 15.0. The Morgan fingerprint density at radius 2 is 1.12 bits per heavy atom. The molecular weight excluding hydrogens is 321 g/mol. The highest BCUT2D eigenvalue weighted by atomic mass is 31.0. The lowest BCUT2D eigenvalue weighted by Crippen LogP contribution is -2.28. The predicted octanol–water partition coefficient (Wildman–Crippen LogP) is 5.68. The molecule has 0 spiro atoms. The van der Waals surface area contributed by atoms with Crippen molar-refractivity contribution in [2.45, 2.75) is 5.41 Å². The summed E-state index contributed by atoms with van der Waals surface area (Å²) in [7, 11) is 2.79. The standard InChI is InChI=1S/C23H18NP/c24-15-23(16-25,21-13-5-9-17-7-1-3-11-19(17)21)22-14-6-10-18-8-2-4-12-20(18)22/h1-14H,16,25H2. The predicted molar refractivity (Wildman–Crippen MR) is 109 cm³/mol. The number of fused-ring (bicyclic) bond motifs is 2. The molecule has 0 saturated carbocycles. The fourth-order valence-corrected chi connectivity index (χ4v) is 4.26. The third-order valence-corrected chi connectivity index (χ3v) is 5.61. The summed E-state index contributed by atoms with van der Waals surface area (Å²) in [6.07, 6.45) is 0.644. The molecule has 0 radical (unpaired) electrons. The Kier molecular flexibility index (Phi) is 4.00. The topological polar surface area (TPSA) is 23.8 Å². The Morgan fingerprint density at radius 1 is 0.680 bits per heavy atom. The molecule has 1 atom stereocenters. The molecule has 0 aliphatic carbocycles. The number of hydrogen-bond acceptors (Lipinski definition) is 1. The lowest BCUT2D eigenvalue weighted by molar-refractivity contribution is 0.770. The lowest BCUT2D eigenvalue weighted by atomic mass is 9.74. The van der Waals surface area contributed by atoms with Crippen LogP contribution in [-0.2, 0) is 5.41 Å². The Labute approximate surface area is 150 Å². The number of hydrogen-bond donors (Lipinski definition) is 0. The van der Waals surface area contributed by atoms with Gasteiger partial charge in [-0.3, -0.25) is 0 Å². The van der Waals surface area contributed by atoms with Crippen LogP contribution in [0.4, 0.5) is 0 Å². The number of nitrogens with zero attached hydrogens (tertiary/aromatic N) is 1. The Morgan fingerprint density at radius 3 is 1.56 bits per heavy atom. The quantitative estimate of drug-likeness (QED) is 0.441. The first-order chi connectivity index (χ1) is 12.3. The van der Waals surface area contributed by atoms with Gasteiger partial charge in [-0.05, 0) is 38.8 Å². The lowest BCUT2D eigenvalue weighted by Gasteiger charge is -2.29. The Balaban J connectivity index is 2.11. The average molecular weight is 339 g/mol. The van der Waals surface area contributed by atoms with Crippen LogP contribution in [0, 0.1) is 11.3 Å². The number of nitriles is 1. The SMILES string of the molecule is N#CC(CP)(c1cccc2ccccc12)c1cccc2ccccc12. The van der Waals surface area contributed by atoms with E-state index in [1.54, 1.807) is 0 Å². The summed E-state index contributed by atoms with van der Waals surface area (Å²) in [5.74, 6) is 0. The summed E-state index contributed by atoms with van der Waals surface area (Å²) in [5.41, 5.74) is 1.44. The highest BCUT2D eigenvalue weighted by Crippen LogP contribution is 2.40. The molecule has 0 heterocycles. The first-order valence-electron chi connectivity index (χ1n) is 8.38. The maximum Gasteiger partial charge on any atom is 0.112 e. The molecule has 0 fully saturated rings. The first-order valence-corrected chi connectivity index (χ1v) is 9.19. The molecule has 0 bridgehead atoms. The molecule has 2 heteroatoms. The maximum atomic E-state index is 10.3. The van der Waals surface area contributed by atoms with Crippen LogP contribution < -0.4 is 0 Å². The molecule has 0 saturated heterocycles. The van der Waals surface area contributed by atoms with E-state index in [4.69, 9.17) is 0 Å². The van der Waals surface area contributed by atoms with Crippen molar-refractivity contribution in [2.24, 2.45) is 0 Å². The molecule has 0 N–H and O–H groups in total. The largest absolute Gasteiger partial charge is 0.197 e. The van der Waals surface area contributed by atoms with Crippen LogP contribution in [0.3, 0.4) is 0 Å². The van der Waals surface area contributed by atoms with Crippen LogP contribution in [0.15, 0.2) is 84.9 Å². The Bertz CT molecular complexity index is 1020. The summed E-state index contributed by atoms with van der Waals surface area (Å²) in [4.78, 5) is 0. The van der Waals surface area contributed by atoms with Gasteiger partial charge in [0.15, 0.2) is 0 Å².